The molecule has 5 nitrogen and oxygen atoms in total. The number of amides is 2. The molecule has 1 unspecified atom stereocenters. The topological polar surface area (TPSA) is 69.6 Å². The maximum Gasteiger partial charge on any atom is 0.257 e. The molecular formula is C14H17BrN2O3. The largest absolute Gasteiger partial charge is 0.507 e. The van der Waals surface area contributed by atoms with Gasteiger partial charge in [0.25, 0.3) is 5.91 Å². The highest BCUT2D eigenvalue weighted by atomic mass is 79.9. The number of likely N-dealkylation sites (tertiary alicyclic amines) is 1. The number of nitrogens with one attached hydrogen (secondary N) is 1. The van der Waals surface area contributed by atoms with E-state index in [1.54, 1.807) is 24.1 Å². The maximum absolute atomic E-state index is 12.4. The summed E-state index contributed by atoms with van der Waals surface area (Å²) in [7, 11) is 1.60. The van der Waals surface area contributed by atoms with Gasteiger partial charge in [-0.15, -0.1) is 0 Å². The normalized spacial score (nSPS) is 21.9. The van der Waals surface area contributed by atoms with Crippen LogP contribution >= 0.6 is 15.9 Å². The SMILES string of the molecule is CNC(=O)C1(C)CCN(C(=O)c2ccc(Br)cc2O)C1. The summed E-state index contributed by atoms with van der Waals surface area (Å²) >= 11 is 3.24. The van der Waals surface area contributed by atoms with Gasteiger partial charge in [0, 0.05) is 24.6 Å². The summed E-state index contributed by atoms with van der Waals surface area (Å²) in [5, 5.41) is 12.5. The van der Waals surface area contributed by atoms with E-state index in [0.29, 0.717) is 24.0 Å². The molecule has 1 aromatic rings. The van der Waals surface area contributed by atoms with E-state index >= 15 is 0 Å². The fraction of sp³-hybridized carbons (Fsp3) is 0.429. The molecule has 2 rings (SSSR count). The second-order valence-corrected chi connectivity index (χ2v) is 6.19. The van der Waals surface area contributed by atoms with E-state index in [9.17, 15) is 14.7 Å². The van der Waals surface area contributed by atoms with Gasteiger partial charge in [0.15, 0.2) is 0 Å². The van der Waals surface area contributed by atoms with E-state index in [2.05, 4.69) is 21.2 Å². The van der Waals surface area contributed by atoms with Crippen LogP contribution < -0.4 is 5.32 Å². The predicted octanol–water partition coefficient (Wildman–Crippen LogP) is 1.75. The lowest BCUT2D eigenvalue weighted by molar-refractivity contribution is -0.128. The highest BCUT2D eigenvalue weighted by Gasteiger charge is 2.41. The lowest BCUT2D eigenvalue weighted by Gasteiger charge is -2.23. The van der Waals surface area contributed by atoms with Crippen LogP contribution in [-0.4, -0.2) is 42.0 Å². The summed E-state index contributed by atoms with van der Waals surface area (Å²) in [5.74, 6) is -0.367. The molecule has 20 heavy (non-hydrogen) atoms. The molecule has 1 fully saturated rings. The van der Waals surface area contributed by atoms with Crippen LogP contribution in [0.2, 0.25) is 0 Å². The quantitative estimate of drug-likeness (QED) is 0.861. The Morgan fingerprint density at radius 2 is 2.15 bits per heavy atom. The molecule has 0 radical (unpaired) electrons. The molecule has 0 aromatic heterocycles. The van der Waals surface area contributed by atoms with Gasteiger partial charge in [-0.3, -0.25) is 9.59 Å². The van der Waals surface area contributed by atoms with Gasteiger partial charge < -0.3 is 15.3 Å². The van der Waals surface area contributed by atoms with Crippen LogP contribution in [0.1, 0.15) is 23.7 Å². The number of nitrogens with zero attached hydrogens (tertiary/aromatic N) is 1. The second-order valence-electron chi connectivity index (χ2n) is 5.28. The van der Waals surface area contributed by atoms with Crippen molar-refractivity contribution in [1.29, 1.82) is 0 Å². The minimum Gasteiger partial charge on any atom is -0.507 e. The van der Waals surface area contributed by atoms with Crippen LogP contribution in [0.4, 0.5) is 0 Å². The first-order chi connectivity index (χ1) is 9.37. The van der Waals surface area contributed by atoms with Crippen molar-refractivity contribution in [2.75, 3.05) is 20.1 Å². The van der Waals surface area contributed by atoms with Gasteiger partial charge >= 0.3 is 0 Å². The van der Waals surface area contributed by atoms with E-state index in [4.69, 9.17) is 0 Å². The lowest BCUT2D eigenvalue weighted by atomic mass is 9.89. The Labute approximate surface area is 126 Å². The van der Waals surface area contributed by atoms with Crippen LogP contribution in [0.3, 0.4) is 0 Å². The minimum absolute atomic E-state index is 0.0575. The van der Waals surface area contributed by atoms with E-state index < -0.39 is 5.41 Å². The zero-order valence-corrected chi connectivity index (χ0v) is 13.0. The van der Waals surface area contributed by atoms with Crippen LogP contribution in [0, 0.1) is 5.41 Å². The smallest absolute Gasteiger partial charge is 0.257 e. The van der Waals surface area contributed by atoms with Gasteiger partial charge in [0.1, 0.15) is 5.75 Å². The molecule has 1 saturated heterocycles. The summed E-state index contributed by atoms with van der Waals surface area (Å²) < 4.78 is 0.711. The molecule has 0 aliphatic carbocycles. The Bertz CT molecular complexity index is 561. The maximum atomic E-state index is 12.4. The van der Waals surface area contributed by atoms with Gasteiger partial charge in [0.05, 0.1) is 11.0 Å². The third kappa shape index (κ3) is 2.65. The summed E-state index contributed by atoms with van der Waals surface area (Å²) in [6.07, 6.45) is 0.621. The van der Waals surface area contributed by atoms with E-state index in [1.165, 1.54) is 6.07 Å². The van der Waals surface area contributed by atoms with Gasteiger partial charge in [-0.1, -0.05) is 15.9 Å². The molecule has 1 atom stereocenters. The number of aromatic hydroxyl groups is 1. The third-order valence-electron chi connectivity index (χ3n) is 3.73. The number of phenols is 1. The zero-order valence-electron chi connectivity index (χ0n) is 11.4. The van der Waals surface area contributed by atoms with Crippen molar-refractivity contribution in [3.63, 3.8) is 0 Å². The second kappa shape index (κ2) is 5.44. The minimum atomic E-state index is -0.560. The zero-order chi connectivity index (χ0) is 14.9. The Morgan fingerprint density at radius 1 is 1.45 bits per heavy atom. The predicted molar refractivity (Wildman–Crippen MR) is 78.5 cm³/mol. The highest BCUT2D eigenvalue weighted by molar-refractivity contribution is 9.10. The van der Waals surface area contributed by atoms with E-state index in [-0.39, 0.29) is 23.1 Å². The molecule has 1 aliphatic rings. The van der Waals surface area contributed by atoms with E-state index in [1.807, 2.05) is 6.92 Å². The highest BCUT2D eigenvalue weighted by Crippen LogP contribution is 2.32. The Kier molecular flexibility index (Phi) is 4.04. The number of carbonyl (C=O) groups is 2. The van der Waals surface area contributed by atoms with Gasteiger partial charge in [-0.05, 0) is 31.5 Å². The van der Waals surface area contributed by atoms with E-state index in [0.717, 1.165) is 0 Å². The lowest BCUT2D eigenvalue weighted by Crippen LogP contribution is -2.40. The standard InChI is InChI=1S/C14H17BrN2O3/c1-14(13(20)16-2)5-6-17(8-14)12(19)10-4-3-9(15)7-11(10)18/h3-4,7,18H,5-6,8H2,1-2H3,(H,16,20). The molecule has 0 spiro atoms. The number of benzene rings is 1. The number of rotatable bonds is 2. The third-order valence-corrected chi connectivity index (χ3v) is 4.22. The van der Waals surface area contributed by atoms with Crippen molar-refractivity contribution >= 4 is 27.7 Å². The summed E-state index contributed by atoms with van der Waals surface area (Å²) in [6.45, 7) is 2.72. The van der Waals surface area contributed by atoms with Crippen molar-refractivity contribution in [3.8, 4) is 5.75 Å². The summed E-state index contributed by atoms with van der Waals surface area (Å²) in [5.41, 5.74) is -0.301. The average Bonchev–Trinajstić information content (AvgIpc) is 2.81. The van der Waals surface area contributed by atoms with Crippen LogP contribution in [0.25, 0.3) is 0 Å². The van der Waals surface area contributed by atoms with Crippen molar-refractivity contribution in [2.24, 2.45) is 5.41 Å². The number of hydrogen-bond donors (Lipinski definition) is 2. The molecule has 2 N–H and O–H groups in total. The molecule has 2 amide bonds. The first-order valence-electron chi connectivity index (χ1n) is 6.37. The van der Waals surface area contributed by atoms with Crippen molar-refractivity contribution < 1.29 is 14.7 Å². The first kappa shape index (κ1) is 14.8. The molecule has 6 heteroatoms. The number of carbonyl (C=O) groups excluding carboxylic acids is 2. The van der Waals surface area contributed by atoms with Crippen LogP contribution in [0.5, 0.6) is 5.75 Å². The fourth-order valence-electron chi connectivity index (χ4n) is 2.48. The monoisotopic (exact) mass is 340 g/mol. The van der Waals surface area contributed by atoms with Gasteiger partial charge in [0.2, 0.25) is 5.91 Å². The molecular weight excluding hydrogens is 324 g/mol. The first-order valence-corrected chi connectivity index (χ1v) is 7.17. The van der Waals surface area contributed by atoms with Gasteiger partial charge in [-0.25, -0.2) is 0 Å². The van der Waals surface area contributed by atoms with Crippen molar-refractivity contribution in [2.45, 2.75) is 13.3 Å². The molecule has 1 aliphatic heterocycles. The molecule has 1 aromatic carbocycles. The Hall–Kier alpha value is -1.56. The number of hydrogen-bond acceptors (Lipinski definition) is 3. The van der Waals surface area contributed by atoms with Gasteiger partial charge in [-0.2, -0.15) is 0 Å². The summed E-state index contributed by atoms with van der Waals surface area (Å²) in [4.78, 5) is 25.9. The van der Waals surface area contributed by atoms with Crippen LogP contribution in [-0.2, 0) is 4.79 Å². The molecule has 1 heterocycles. The van der Waals surface area contributed by atoms with Crippen LogP contribution in [0.15, 0.2) is 22.7 Å². The number of phenolic OH excluding ortho intramolecular Hbond substituents is 1. The fourth-order valence-corrected chi connectivity index (χ4v) is 2.83. The number of halogens is 1. The van der Waals surface area contributed by atoms with Crippen molar-refractivity contribution in [3.05, 3.63) is 28.2 Å². The average molecular weight is 341 g/mol. The molecule has 0 bridgehead atoms. The summed E-state index contributed by atoms with van der Waals surface area (Å²) in [6, 6.07) is 4.78. The Balaban J connectivity index is 2.18. The Morgan fingerprint density at radius 3 is 2.75 bits per heavy atom. The molecule has 0 saturated carbocycles. The molecule has 108 valence electrons. The van der Waals surface area contributed by atoms with Crippen molar-refractivity contribution in [1.82, 2.24) is 10.2 Å².